The minimum Gasteiger partial charge on any atom is -0.497 e. The molecule has 1 heterocycles. The summed E-state index contributed by atoms with van der Waals surface area (Å²) in [5, 5.41) is 12.3. The van der Waals surface area contributed by atoms with Crippen LogP contribution in [0.1, 0.15) is 20.4 Å². The predicted molar refractivity (Wildman–Crippen MR) is 68.8 cm³/mol. The summed E-state index contributed by atoms with van der Waals surface area (Å²) in [4.78, 5) is 11.8. The van der Waals surface area contributed by atoms with Crippen molar-refractivity contribution >= 4 is 17.2 Å². The molecule has 2 aromatic rings. The van der Waals surface area contributed by atoms with Gasteiger partial charge in [-0.3, -0.25) is 4.79 Å². The molecule has 6 heteroatoms. The van der Waals surface area contributed by atoms with E-state index >= 15 is 0 Å². The van der Waals surface area contributed by atoms with Crippen molar-refractivity contribution in [2.75, 3.05) is 7.11 Å². The zero-order valence-corrected chi connectivity index (χ0v) is 11.0. The van der Waals surface area contributed by atoms with E-state index in [2.05, 4.69) is 15.5 Å². The van der Waals surface area contributed by atoms with Crippen molar-refractivity contribution in [2.24, 2.45) is 0 Å². The van der Waals surface area contributed by atoms with Crippen LogP contribution in [0.2, 0.25) is 0 Å². The number of nitrogens with zero attached hydrogens (tertiary/aromatic N) is 2. The zero-order chi connectivity index (χ0) is 13.0. The Bertz CT molecular complexity index is 537. The van der Waals surface area contributed by atoms with E-state index in [0.29, 0.717) is 12.1 Å². The molecule has 0 unspecified atom stereocenters. The van der Waals surface area contributed by atoms with E-state index in [1.54, 1.807) is 31.4 Å². The number of hydrogen-bond donors (Lipinski definition) is 1. The molecule has 0 aliphatic heterocycles. The third kappa shape index (κ3) is 3.04. The lowest BCUT2D eigenvalue weighted by Gasteiger charge is -2.04. The van der Waals surface area contributed by atoms with Crippen LogP contribution >= 0.6 is 11.3 Å². The van der Waals surface area contributed by atoms with Gasteiger partial charge in [0.25, 0.3) is 5.91 Å². The second kappa shape index (κ2) is 5.59. The van der Waals surface area contributed by atoms with Crippen LogP contribution in [-0.2, 0) is 6.54 Å². The molecular formula is C12H13N3O2S. The van der Waals surface area contributed by atoms with E-state index in [9.17, 15) is 4.79 Å². The normalized spacial score (nSPS) is 10.1. The number of carbonyl (C=O) groups is 1. The number of benzene rings is 1. The Balaban J connectivity index is 1.94. The number of aryl methyl sites for hydroxylation is 1. The van der Waals surface area contributed by atoms with Crippen LogP contribution < -0.4 is 10.1 Å². The lowest BCUT2D eigenvalue weighted by molar-refractivity contribution is 0.0951. The lowest BCUT2D eigenvalue weighted by atomic mass is 10.2. The molecule has 0 atom stereocenters. The lowest BCUT2D eigenvalue weighted by Crippen LogP contribution is -2.22. The summed E-state index contributed by atoms with van der Waals surface area (Å²) < 4.78 is 5.03. The summed E-state index contributed by atoms with van der Waals surface area (Å²) in [6.45, 7) is 2.28. The monoisotopic (exact) mass is 263 g/mol. The summed E-state index contributed by atoms with van der Waals surface area (Å²) in [5.74, 6) is 0.594. The number of ether oxygens (including phenoxy) is 1. The van der Waals surface area contributed by atoms with Crippen LogP contribution in [0, 0.1) is 6.92 Å². The van der Waals surface area contributed by atoms with Gasteiger partial charge in [0, 0.05) is 5.56 Å². The van der Waals surface area contributed by atoms with Gasteiger partial charge in [0.2, 0.25) is 0 Å². The molecule has 0 saturated carbocycles. The number of hydrogen-bond acceptors (Lipinski definition) is 5. The van der Waals surface area contributed by atoms with Gasteiger partial charge in [0.15, 0.2) is 0 Å². The first-order valence-electron chi connectivity index (χ1n) is 5.40. The van der Waals surface area contributed by atoms with E-state index in [1.165, 1.54) is 11.3 Å². The fourth-order valence-electron chi connectivity index (χ4n) is 1.41. The van der Waals surface area contributed by atoms with Crippen molar-refractivity contribution in [2.45, 2.75) is 13.5 Å². The zero-order valence-electron chi connectivity index (χ0n) is 10.1. The smallest absolute Gasteiger partial charge is 0.251 e. The fraction of sp³-hybridized carbons (Fsp3) is 0.250. The first-order valence-corrected chi connectivity index (χ1v) is 6.22. The number of methoxy groups -OCH3 is 1. The number of carbonyl (C=O) groups excluding carboxylic acids is 1. The molecule has 94 valence electrons. The van der Waals surface area contributed by atoms with Crippen LogP contribution in [0.3, 0.4) is 0 Å². The molecule has 0 bridgehead atoms. The molecule has 0 radical (unpaired) electrons. The van der Waals surface area contributed by atoms with E-state index in [4.69, 9.17) is 4.74 Å². The molecule has 1 amide bonds. The number of nitrogens with one attached hydrogen (secondary N) is 1. The third-order valence-corrected chi connectivity index (χ3v) is 3.16. The Morgan fingerprint density at radius 2 is 2.06 bits per heavy atom. The average molecular weight is 263 g/mol. The number of aromatic nitrogens is 2. The quantitative estimate of drug-likeness (QED) is 0.913. The summed E-state index contributed by atoms with van der Waals surface area (Å²) in [5.41, 5.74) is 0.594. The Labute approximate surface area is 109 Å². The molecule has 18 heavy (non-hydrogen) atoms. The topological polar surface area (TPSA) is 64.1 Å². The minimum atomic E-state index is -0.134. The number of rotatable bonds is 4. The van der Waals surface area contributed by atoms with Gasteiger partial charge in [0.05, 0.1) is 13.7 Å². The van der Waals surface area contributed by atoms with Gasteiger partial charge in [-0.2, -0.15) is 0 Å². The molecule has 0 aliphatic carbocycles. The van der Waals surface area contributed by atoms with Gasteiger partial charge < -0.3 is 10.1 Å². The van der Waals surface area contributed by atoms with Crippen LogP contribution in [0.5, 0.6) is 5.75 Å². The minimum absolute atomic E-state index is 0.134. The molecule has 1 N–H and O–H groups in total. The van der Waals surface area contributed by atoms with E-state index < -0.39 is 0 Å². The first kappa shape index (κ1) is 12.5. The highest BCUT2D eigenvalue weighted by Gasteiger charge is 2.07. The summed E-state index contributed by atoms with van der Waals surface area (Å²) in [7, 11) is 1.59. The first-order chi connectivity index (χ1) is 8.69. The van der Waals surface area contributed by atoms with E-state index in [1.807, 2.05) is 6.92 Å². The Hall–Kier alpha value is -1.95. The maximum atomic E-state index is 11.8. The number of amides is 1. The SMILES string of the molecule is COc1ccc(C(=O)NCc2nnc(C)s2)cc1. The molecule has 2 rings (SSSR count). The van der Waals surface area contributed by atoms with Crippen molar-refractivity contribution in [1.29, 1.82) is 0 Å². The van der Waals surface area contributed by atoms with Crippen molar-refractivity contribution in [3.63, 3.8) is 0 Å². The molecular weight excluding hydrogens is 250 g/mol. The van der Waals surface area contributed by atoms with Gasteiger partial charge in [-0.15, -0.1) is 10.2 Å². The van der Waals surface area contributed by atoms with Gasteiger partial charge >= 0.3 is 0 Å². The fourth-order valence-corrected chi connectivity index (χ4v) is 2.06. The van der Waals surface area contributed by atoms with Crippen molar-refractivity contribution < 1.29 is 9.53 Å². The predicted octanol–water partition coefficient (Wildman–Crippen LogP) is 1.79. The van der Waals surface area contributed by atoms with Gasteiger partial charge in [-0.05, 0) is 31.2 Å². The second-order valence-electron chi connectivity index (χ2n) is 3.63. The molecule has 0 fully saturated rings. The highest BCUT2D eigenvalue weighted by molar-refractivity contribution is 7.11. The van der Waals surface area contributed by atoms with Gasteiger partial charge in [-0.25, -0.2) is 0 Å². The summed E-state index contributed by atoms with van der Waals surface area (Å²) in [6, 6.07) is 6.95. The van der Waals surface area contributed by atoms with Crippen LogP contribution in [0.4, 0.5) is 0 Å². The van der Waals surface area contributed by atoms with Crippen molar-refractivity contribution in [3.05, 3.63) is 39.8 Å². The second-order valence-corrected chi connectivity index (χ2v) is 4.89. The maximum Gasteiger partial charge on any atom is 0.251 e. The summed E-state index contributed by atoms with van der Waals surface area (Å²) in [6.07, 6.45) is 0. The van der Waals surface area contributed by atoms with E-state index in [0.717, 1.165) is 15.8 Å². The largest absolute Gasteiger partial charge is 0.497 e. The van der Waals surface area contributed by atoms with Crippen LogP contribution in [0.15, 0.2) is 24.3 Å². The highest BCUT2D eigenvalue weighted by atomic mass is 32.1. The molecule has 1 aromatic carbocycles. The van der Waals surface area contributed by atoms with Gasteiger partial charge in [-0.1, -0.05) is 11.3 Å². The van der Waals surface area contributed by atoms with Crippen molar-refractivity contribution in [1.82, 2.24) is 15.5 Å². The standard InChI is InChI=1S/C12H13N3O2S/c1-8-14-15-11(18-8)7-13-12(16)9-3-5-10(17-2)6-4-9/h3-6H,7H2,1-2H3,(H,13,16). The Morgan fingerprint density at radius 3 is 2.61 bits per heavy atom. The van der Waals surface area contributed by atoms with Crippen LogP contribution in [0.25, 0.3) is 0 Å². The molecule has 5 nitrogen and oxygen atoms in total. The third-order valence-electron chi connectivity index (χ3n) is 2.32. The average Bonchev–Trinajstić information content (AvgIpc) is 2.82. The maximum absolute atomic E-state index is 11.8. The van der Waals surface area contributed by atoms with Crippen LogP contribution in [-0.4, -0.2) is 23.2 Å². The Morgan fingerprint density at radius 1 is 1.33 bits per heavy atom. The molecule has 0 saturated heterocycles. The molecule has 0 aliphatic rings. The van der Waals surface area contributed by atoms with Crippen molar-refractivity contribution in [3.8, 4) is 5.75 Å². The highest BCUT2D eigenvalue weighted by Crippen LogP contribution is 2.12. The molecule has 1 aromatic heterocycles. The Kier molecular flexibility index (Phi) is 3.88. The summed E-state index contributed by atoms with van der Waals surface area (Å²) >= 11 is 1.47. The van der Waals surface area contributed by atoms with E-state index in [-0.39, 0.29) is 5.91 Å². The van der Waals surface area contributed by atoms with Gasteiger partial charge in [0.1, 0.15) is 15.8 Å². The molecule has 0 spiro atoms.